The summed E-state index contributed by atoms with van der Waals surface area (Å²) in [5, 5.41) is 7.72. The topological polar surface area (TPSA) is 84.3 Å². The summed E-state index contributed by atoms with van der Waals surface area (Å²) in [4.78, 5) is 38.2. The van der Waals surface area contributed by atoms with E-state index < -0.39 is 0 Å². The first-order valence-electron chi connectivity index (χ1n) is 9.45. The summed E-state index contributed by atoms with van der Waals surface area (Å²) < 4.78 is 1.69. The molecule has 0 saturated heterocycles. The first-order valence-corrected chi connectivity index (χ1v) is 9.83. The van der Waals surface area contributed by atoms with Crippen molar-refractivity contribution in [2.24, 2.45) is 0 Å². The summed E-state index contributed by atoms with van der Waals surface area (Å²) in [7, 11) is 0. The number of carbonyl (C=O) groups excluding carboxylic acids is 3. The molecule has 4 rings (SSSR count). The Morgan fingerprint density at radius 2 is 1.80 bits per heavy atom. The van der Waals surface area contributed by atoms with E-state index in [0.29, 0.717) is 22.7 Å². The van der Waals surface area contributed by atoms with Crippen LogP contribution in [0.5, 0.6) is 0 Å². The van der Waals surface area contributed by atoms with Crippen LogP contribution in [-0.2, 0) is 11.3 Å². The quantitative estimate of drug-likeness (QED) is 0.618. The van der Waals surface area contributed by atoms with Crippen LogP contribution in [0.2, 0.25) is 5.02 Å². The fraction of sp³-hybridized carbons (Fsp3) is 0.182. The second-order valence-corrected chi connectivity index (χ2v) is 7.54. The highest BCUT2D eigenvalue weighted by Crippen LogP contribution is 2.24. The molecule has 0 saturated carbocycles. The van der Waals surface area contributed by atoms with Gasteiger partial charge in [-0.25, -0.2) is 4.68 Å². The summed E-state index contributed by atoms with van der Waals surface area (Å²) >= 11 is 5.89. The molecule has 152 valence electrons. The predicted octanol–water partition coefficient (Wildman–Crippen LogP) is 3.14. The van der Waals surface area contributed by atoms with Gasteiger partial charge in [-0.05, 0) is 43.3 Å². The Balaban J connectivity index is 1.30. The van der Waals surface area contributed by atoms with E-state index >= 15 is 0 Å². The zero-order chi connectivity index (χ0) is 21.3. The van der Waals surface area contributed by atoms with Gasteiger partial charge in [-0.2, -0.15) is 5.10 Å². The van der Waals surface area contributed by atoms with Crippen LogP contribution in [0, 0.1) is 6.92 Å². The number of fused-ring (bicyclic) bond motifs is 1. The number of halogens is 1. The number of hydrogen-bond donors (Lipinski definition) is 1. The minimum Gasteiger partial charge on any atom is -0.352 e. The number of carbonyl (C=O) groups is 3. The van der Waals surface area contributed by atoms with Gasteiger partial charge >= 0.3 is 0 Å². The molecule has 1 aromatic heterocycles. The van der Waals surface area contributed by atoms with Gasteiger partial charge in [0.1, 0.15) is 0 Å². The SMILES string of the molecule is Cc1ccc2c(c1)C(=O)N(CCC(=O)NCc1cnn(-c3ccc(Cl)cc3)c1)C2=O. The molecule has 2 heterocycles. The number of nitrogens with zero attached hydrogens (tertiary/aromatic N) is 3. The van der Waals surface area contributed by atoms with Crippen molar-refractivity contribution in [2.75, 3.05) is 6.54 Å². The first-order chi connectivity index (χ1) is 14.4. The molecule has 2 aromatic carbocycles. The van der Waals surface area contributed by atoms with Crippen molar-refractivity contribution in [3.05, 3.63) is 82.1 Å². The maximum Gasteiger partial charge on any atom is 0.261 e. The third kappa shape index (κ3) is 3.97. The van der Waals surface area contributed by atoms with Gasteiger partial charge in [0.2, 0.25) is 5.91 Å². The lowest BCUT2D eigenvalue weighted by atomic mass is 10.1. The number of hydrogen-bond acceptors (Lipinski definition) is 4. The summed E-state index contributed by atoms with van der Waals surface area (Å²) in [5.74, 6) is -0.954. The number of rotatable bonds is 6. The number of imide groups is 1. The number of aryl methyl sites for hydroxylation is 1. The number of benzene rings is 2. The molecule has 3 aromatic rings. The molecule has 30 heavy (non-hydrogen) atoms. The molecule has 0 spiro atoms. The van der Waals surface area contributed by atoms with E-state index in [9.17, 15) is 14.4 Å². The molecule has 0 aliphatic carbocycles. The van der Waals surface area contributed by atoms with E-state index in [1.807, 2.05) is 25.3 Å². The van der Waals surface area contributed by atoms with Crippen molar-refractivity contribution in [2.45, 2.75) is 19.9 Å². The van der Waals surface area contributed by atoms with Crippen molar-refractivity contribution >= 4 is 29.3 Å². The van der Waals surface area contributed by atoms with Gasteiger partial charge in [0.25, 0.3) is 11.8 Å². The van der Waals surface area contributed by atoms with Crippen LogP contribution < -0.4 is 5.32 Å². The largest absolute Gasteiger partial charge is 0.352 e. The molecule has 0 radical (unpaired) electrons. The molecule has 0 unspecified atom stereocenters. The fourth-order valence-electron chi connectivity index (χ4n) is 3.30. The highest BCUT2D eigenvalue weighted by atomic mass is 35.5. The minimum absolute atomic E-state index is 0.0375. The van der Waals surface area contributed by atoms with Gasteiger partial charge < -0.3 is 5.32 Å². The molecule has 1 N–H and O–H groups in total. The summed E-state index contributed by atoms with van der Waals surface area (Å²) in [5.41, 5.74) is 3.39. The standard InChI is InChI=1S/C22H19ClN4O3/c1-14-2-7-18-19(10-14)22(30)26(21(18)29)9-8-20(28)24-11-15-12-25-27(13-15)17-5-3-16(23)4-6-17/h2-7,10,12-13H,8-9,11H2,1H3,(H,24,28). The monoisotopic (exact) mass is 422 g/mol. The molecule has 1 aliphatic rings. The lowest BCUT2D eigenvalue weighted by molar-refractivity contribution is -0.121. The molecule has 3 amide bonds. The number of nitrogens with one attached hydrogen (secondary N) is 1. The molecule has 1 aliphatic heterocycles. The van der Waals surface area contributed by atoms with E-state index in [2.05, 4.69) is 10.4 Å². The molecular weight excluding hydrogens is 404 g/mol. The van der Waals surface area contributed by atoms with Gasteiger partial charge in [-0.3, -0.25) is 19.3 Å². The second kappa shape index (κ2) is 8.12. The Morgan fingerprint density at radius 3 is 2.57 bits per heavy atom. The van der Waals surface area contributed by atoms with Gasteiger partial charge in [0.15, 0.2) is 0 Å². The number of aromatic nitrogens is 2. The van der Waals surface area contributed by atoms with Gasteiger partial charge in [0.05, 0.1) is 23.0 Å². The molecule has 0 fully saturated rings. The minimum atomic E-state index is -0.355. The first kappa shape index (κ1) is 19.8. The zero-order valence-electron chi connectivity index (χ0n) is 16.3. The van der Waals surface area contributed by atoms with Crippen molar-refractivity contribution in [3.8, 4) is 5.69 Å². The van der Waals surface area contributed by atoms with Crippen LogP contribution in [0.3, 0.4) is 0 Å². The van der Waals surface area contributed by atoms with E-state index in [0.717, 1.165) is 21.7 Å². The van der Waals surface area contributed by atoms with Crippen LogP contribution in [0.1, 0.15) is 38.3 Å². The third-order valence-electron chi connectivity index (χ3n) is 4.91. The Labute approximate surface area is 178 Å². The van der Waals surface area contributed by atoms with Crippen LogP contribution in [-0.4, -0.2) is 38.9 Å². The van der Waals surface area contributed by atoms with Crippen molar-refractivity contribution in [1.82, 2.24) is 20.0 Å². The van der Waals surface area contributed by atoms with Crippen molar-refractivity contribution in [3.63, 3.8) is 0 Å². The van der Waals surface area contributed by atoms with Crippen molar-refractivity contribution < 1.29 is 14.4 Å². The average Bonchev–Trinajstić information content (AvgIpc) is 3.29. The Kier molecular flexibility index (Phi) is 5.37. The molecule has 0 bridgehead atoms. The van der Waals surface area contributed by atoms with Crippen molar-refractivity contribution in [1.29, 1.82) is 0 Å². The van der Waals surface area contributed by atoms with Gasteiger partial charge in [-0.15, -0.1) is 0 Å². The normalized spacial score (nSPS) is 12.9. The van der Waals surface area contributed by atoms with Crippen LogP contribution in [0.15, 0.2) is 54.9 Å². The molecule has 7 nitrogen and oxygen atoms in total. The van der Waals surface area contributed by atoms with Gasteiger partial charge in [-0.1, -0.05) is 23.2 Å². The summed E-state index contributed by atoms with van der Waals surface area (Å²) in [6.07, 6.45) is 3.52. The molecule has 8 heteroatoms. The maximum atomic E-state index is 12.5. The van der Waals surface area contributed by atoms with E-state index in [1.165, 1.54) is 0 Å². The lowest BCUT2D eigenvalue weighted by Gasteiger charge is -2.13. The Hall–Kier alpha value is -3.45. The van der Waals surface area contributed by atoms with Crippen LogP contribution in [0.25, 0.3) is 5.69 Å². The predicted molar refractivity (Wildman–Crippen MR) is 112 cm³/mol. The number of amides is 3. The summed E-state index contributed by atoms with van der Waals surface area (Å²) in [6.45, 7) is 2.21. The van der Waals surface area contributed by atoms with E-state index in [1.54, 1.807) is 41.2 Å². The Morgan fingerprint density at radius 1 is 1.07 bits per heavy atom. The maximum absolute atomic E-state index is 12.5. The zero-order valence-corrected chi connectivity index (χ0v) is 17.0. The van der Waals surface area contributed by atoms with Crippen LogP contribution in [0.4, 0.5) is 0 Å². The Bertz CT molecular complexity index is 1140. The second-order valence-electron chi connectivity index (χ2n) is 7.11. The van der Waals surface area contributed by atoms with E-state index in [-0.39, 0.29) is 30.7 Å². The third-order valence-corrected chi connectivity index (χ3v) is 5.16. The average molecular weight is 423 g/mol. The van der Waals surface area contributed by atoms with Crippen LogP contribution >= 0.6 is 11.6 Å². The van der Waals surface area contributed by atoms with Gasteiger partial charge in [0, 0.05) is 36.3 Å². The molecule has 0 atom stereocenters. The fourth-order valence-corrected chi connectivity index (χ4v) is 3.42. The molecular formula is C22H19ClN4O3. The lowest BCUT2D eigenvalue weighted by Crippen LogP contribution is -2.34. The highest BCUT2D eigenvalue weighted by Gasteiger charge is 2.35. The smallest absolute Gasteiger partial charge is 0.261 e. The summed E-state index contributed by atoms with van der Waals surface area (Å²) in [6, 6.07) is 12.4. The highest BCUT2D eigenvalue weighted by molar-refractivity contribution is 6.30. The van der Waals surface area contributed by atoms with E-state index in [4.69, 9.17) is 11.6 Å².